The van der Waals surface area contributed by atoms with Gasteiger partial charge in [0.1, 0.15) is 0 Å². The van der Waals surface area contributed by atoms with E-state index >= 15 is 0 Å². The Labute approximate surface area is 112 Å². The van der Waals surface area contributed by atoms with Gasteiger partial charge in [-0.2, -0.15) is 0 Å². The van der Waals surface area contributed by atoms with Crippen molar-refractivity contribution in [1.82, 2.24) is 10.3 Å². The lowest BCUT2D eigenvalue weighted by molar-refractivity contribution is 0.0907. The second-order valence-electron chi connectivity index (χ2n) is 4.59. The van der Waals surface area contributed by atoms with Crippen LogP contribution in [0.4, 0.5) is 0 Å². The minimum atomic E-state index is -0.582. The van der Waals surface area contributed by atoms with Crippen LogP contribution in [0.3, 0.4) is 0 Å². The van der Waals surface area contributed by atoms with E-state index < -0.39 is 5.54 Å². The minimum absolute atomic E-state index is 0.154. The van der Waals surface area contributed by atoms with Crippen LogP contribution in [0.1, 0.15) is 22.8 Å². The van der Waals surface area contributed by atoms with Crippen LogP contribution in [0.5, 0.6) is 0 Å². The van der Waals surface area contributed by atoms with Gasteiger partial charge in [0, 0.05) is 24.5 Å². The second kappa shape index (κ2) is 5.63. The quantitative estimate of drug-likeness (QED) is 0.873. The van der Waals surface area contributed by atoms with E-state index in [1.165, 1.54) is 0 Å². The Morgan fingerprint density at radius 2 is 1.84 bits per heavy atom. The number of nitrogens with zero attached hydrogens (tertiary/aromatic N) is 1. The molecule has 4 heteroatoms. The average molecular weight is 255 g/mol. The van der Waals surface area contributed by atoms with Crippen LogP contribution in [0.15, 0.2) is 54.9 Å². The van der Waals surface area contributed by atoms with Crippen LogP contribution in [-0.4, -0.2) is 17.4 Å². The SMILES string of the molecule is CC(CN)(NC(=O)c1ccncc1)c1ccccc1. The summed E-state index contributed by atoms with van der Waals surface area (Å²) in [5, 5.41) is 2.98. The number of rotatable bonds is 4. The van der Waals surface area contributed by atoms with Gasteiger partial charge in [0.05, 0.1) is 5.54 Å². The number of benzene rings is 1. The van der Waals surface area contributed by atoms with Crippen molar-refractivity contribution in [3.8, 4) is 0 Å². The molecule has 1 aromatic carbocycles. The Morgan fingerprint density at radius 1 is 1.21 bits per heavy atom. The molecule has 0 aliphatic carbocycles. The number of amides is 1. The maximum atomic E-state index is 12.2. The largest absolute Gasteiger partial charge is 0.342 e. The van der Waals surface area contributed by atoms with Crippen molar-refractivity contribution in [3.63, 3.8) is 0 Å². The molecule has 1 aromatic heterocycles. The Hall–Kier alpha value is -2.20. The van der Waals surface area contributed by atoms with E-state index in [1.807, 2.05) is 37.3 Å². The van der Waals surface area contributed by atoms with E-state index in [9.17, 15) is 4.79 Å². The van der Waals surface area contributed by atoms with Crippen molar-refractivity contribution in [3.05, 3.63) is 66.0 Å². The molecule has 19 heavy (non-hydrogen) atoms. The molecule has 4 nitrogen and oxygen atoms in total. The zero-order valence-corrected chi connectivity index (χ0v) is 10.8. The van der Waals surface area contributed by atoms with Crippen LogP contribution in [-0.2, 0) is 5.54 Å². The maximum Gasteiger partial charge on any atom is 0.252 e. The molecule has 0 bridgehead atoms. The van der Waals surface area contributed by atoms with Gasteiger partial charge in [-0.05, 0) is 24.6 Å². The van der Waals surface area contributed by atoms with Crippen molar-refractivity contribution in [2.24, 2.45) is 5.73 Å². The van der Waals surface area contributed by atoms with Crippen LogP contribution in [0.25, 0.3) is 0 Å². The number of aromatic nitrogens is 1. The van der Waals surface area contributed by atoms with Gasteiger partial charge in [0.25, 0.3) is 5.91 Å². The second-order valence-corrected chi connectivity index (χ2v) is 4.59. The van der Waals surface area contributed by atoms with Gasteiger partial charge >= 0.3 is 0 Å². The first-order chi connectivity index (χ1) is 9.15. The van der Waals surface area contributed by atoms with E-state index in [4.69, 9.17) is 5.73 Å². The van der Waals surface area contributed by atoms with E-state index in [0.29, 0.717) is 12.1 Å². The van der Waals surface area contributed by atoms with E-state index in [0.717, 1.165) is 5.56 Å². The molecule has 98 valence electrons. The number of hydrogen-bond acceptors (Lipinski definition) is 3. The standard InChI is InChI=1S/C15H17N3O/c1-15(11-16,13-5-3-2-4-6-13)18-14(19)12-7-9-17-10-8-12/h2-10H,11,16H2,1H3,(H,18,19). The van der Waals surface area contributed by atoms with Crippen LogP contribution in [0.2, 0.25) is 0 Å². The van der Waals surface area contributed by atoms with Crippen LogP contribution >= 0.6 is 0 Å². The highest BCUT2D eigenvalue weighted by atomic mass is 16.1. The number of pyridine rings is 1. The van der Waals surface area contributed by atoms with Crippen molar-refractivity contribution in [2.45, 2.75) is 12.5 Å². The number of carbonyl (C=O) groups excluding carboxylic acids is 1. The predicted octanol–water partition coefficient (Wildman–Crippen LogP) is 1.69. The summed E-state index contributed by atoms with van der Waals surface area (Å²) in [6.07, 6.45) is 3.19. The van der Waals surface area contributed by atoms with Gasteiger partial charge in [-0.25, -0.2) is 0 Å². The highest BCUT2D eigenvalue weighted by molar-refractivity contribution is 5.94. The maximum absolute atomic E-state index is 12.2. The zero-order chi connectivity index (χ0) is 13.7. The summed E-state index contributed by atoms with van der Waals surface area (Å²) in [5.41, 5.74) is 6.82. The first-order valence-electron chi connectivity index (χ1n) is 6.14. The summed E-state index contributed by atoms with van der Waals surface area (Å²) in [4.78, 5) is 16.1. The molecule has 0 aliphatic heterocycles. The van der Waals surface area contributed by atoms with Gasteiger partial charge in [-0.3, -0.25) is 9.78 Å². The molecule has 1 heterocycles. The van der Waals surface area contributed by atoms with E-state index in [2.05, 4.69) is 10.3 Å². The Morgan fingerprint density at radius 3 is 2.42 bits per heavy atom. The van der Waals surface area contributed by atoms with E-state index in [-0.39, 0.29) is 5.91 Å². The monoisotopic (exact) mass is 255 g/mol. The third kappa shape index (κ3) is 2.98. The molecule has 3 N–H and O–H groups in total. The third-order valence-corrected chi connectivity index (χ3v) is 3.15. The molecule has 0 fully saturated rings. The lowest BCUT2D eigenvalue weighted by Crippen LogP contribution is -2.48. The fourth-order valence-electron chi connectivity index (χ4n) is 1.87. The smallest absolute Gasteiger partial charge is 0.252 e. The van der Waals surface area contributed by atoms with Gasteiger partial charge in [-0.15, -0.1) is 0 Å². The highest BCUT2D eigenvalue weighted by Gasteiger charge is 2.27. The summed E-state index contributed by atoms with van der Waals surface area (Å²) in [7, 11) is 0. The number of nitrogens with one attached hydrogen (secondary N) is 1. The van der Waals surface area contributed by atoms with Crippen LogP contribution in [0, 0.1) is 0 Å². The van der Waals surface area contributed by atoms with Gasteiger partial charge in [-0.1, -0.05) is 30.3 Å². The Balaban J connectivity index is 2.22. The molecule has 1 amide bonds. The summed E-state index contributed by atoms with van der Waals surface area (Å²) < 4.78 is 0. The molecule has 2 aromatic rings. The highest BCUT2D eigenvalue weighted by Crippen LogP contribution is 2.19. The van der Waals surface area contributed by atoms with Crippen molar-refractivity contribution < 1.29 is 4.79 Å². The molecule has 0 aliphatic rings. The Bertz CT molecular complexity index is 542. The molecule has 1 unspecified atom stereocenters. The molecule has 1 atom stereocenters. The summed E-state index contributed by atoms with van der Waals surface area (Å²) >= 11 is 0. The van der Waals surface area contributed by atoms with Crippen molar-refractivity contribution in [1.29, 1.82) is 0 Å². The Kier molecular flexibility index (Phi) is 3.92. The third-order valence-electron chi connectivity index (χ3n) is 3.15. The van der Waals surface area contributed by atoms with Crippen molar-refractivity contribution >= 4 is 5.91 Å². The fourth-order valence-corrected chi connectivity index (χ4v) is 1.87. The summed E-state index contributed by atoms with van der Waals surface area (Å²) in [6, 6.07) is 13.1. The van der Waals surface area contributed by atoms with Gasteiger partial charge < -0.3 is 11.1 Å². The zero-order valence-electron chi connectivity index (χ0n) is 10.8. The molecule has 0 radical (unpaired) electrons. The topological polar surface area (TPSA) is 68.0 Å². The number of nitrogens with two attached hydrogens (primary N) is 1. The molecular formula is C15H17N3O. The first-order valence-corrected chi connectivity index (χ1v) is 6.14. The lowest BCUT2D eigenvalue weighted by atomic mass is 9.91. The predicted molar refractivity (Wildman–Crippen MR) is 74.6 cm³/mol. The normalized spacial score (nSPS) is 13.6. The van der Waals surface area contributed by atoms with Crippen LogP contribution < -0.4 is 11.1 Å². The minimum Gasteiger partial charge on any atom is -0.342 e. The average Bonchev–Trinajstić information content (AvgIpc) is 2.49. The summed E-state index contributed by atoms with van der Waals surface area (Å²) in [6.45, 7) is 2.25. The lowest BCUT2D eigenvalue weighted by Gasteiger charge is -2.30. The van der Waals surface area contributed by atoms with Gasteiger partial charge in [0.2, 0.25) is 0 Å². The van der Waals surface area contributed by atoms with Gasteiger partial charge in [0.15, 0.2) is 0 Å². The molecule has 2 rings (SSSR count). The number of hydrogen-bond donors (Lipinski definition) is 2. The molecular weight excluding hydrogens is 238 g/mol. The molecule has 0 saturated carbocycles. The fraction of sp³-hybridized carbons (Fsp3) is 0.200. The molecule has 0 saturated heterocycles. The summed E-state index contributed by atoms with van der Waals surface area (Å²) in [5.74, 6) is -0.154. The first kappa shape index (κ1) is 13.2. The number of carbonyl (C=O) groups is 1. The van der Waals surface area contributed by atoms with Crippen molar-refractivity contribution in [2.75, 3.05) is 6.54 Å². The van der Waals surface area contributed by atoms with E-state index in [1.54, 1.807) is 24.5 Å². The molecule has 0 spiro atoms.